The molecule has 132 valence electrons. The van der Waals surface area contributed by atoms with Crippen LogP contribution < -0.4 is 0 Å². The van der Waals surface area contributed by atoms with E-state index in [4.69, 9.17) is 0 Å². The van der Waals surface area contributed by atoms with Gasteiger partial charge in [-0.3, -0.25) is 9.78 Å². The Morgan fingerprint density at radius 2 is 1.92 bits per heavy atom. The van der Waals surface area contributed by atoms with Crippen LogP contribution in [0.2, 0.25) is 0 Å². The zero-order valence-electron chi connectivity index (χ0n) is 14.4. The van der Waals surface area contributed by atoms with Gasteiger partial charge < -0.3 is 14.9 Å². The third kappa shape index (κ3) is 4.54. The molecule has 2 fully saturated rings. The molecule has 5 heteroatoms. The van der Waals surface area contributed by atoms with Crippen molar-refractivity contribution in [3.05, 3.63) is 30.1 Å². The quantitative estimate of drug-likeness (QED) is 0.890. The minimum Gasteiger partial charge on any atom is -0.396 e. The Bertz CT molecular complexity index is 515. The maximum Gasteiger partial charge on any atom is 0.227 e. The Kier molecular flexibility index (Phi) is 6.21. The average Bonchev–Trinajstić information content (AvgIpc) is 2.83. The lowest BCUT2D eigenvalue weighted by atomic mass is 9.96. The van der Waals surface area contributed by atoms with Gasteiger partial charge in [-0.1, -0.05) is 18.9 Å². The van der Waals surface area contributed by atoms with Crippen LogP contribution in [0.4, 0.5) is 0 Å². The van der Waals surface area contributed by atoms with Gasteiger partial charge in [0.2, 0.25) is 5.91 Å². The molecule has 0 unspecified atom stereocenters. The van der Waals surface area contributed by atoms with E-state index in [0.29, 0.717) is 18.9 Å². The summed E-state index contributed by atoms with van der Waals surface area (Å²) in [4.78, 5) is 21.1. The number of carbonyl (C=O) groups is 1. The summed E-state index contributed by atoms with van der Waals surface area (Å²) in [6, 6.07) is 3.81. The molecule has 1 amide bonds. The molecule has 0 saturated carbocycles. The van der Waals surface area contributed by atoms with Gasteiger partial charge in [0.25, 0.3) is 0 Å². The van der Waals surface area contributed by atoms with Crippen molar-refractivity contribution in [1.29, 1.82) is 0 Å². The van der Waals surface area contributed by atoms with Crippen molar-refractivity contribution in [3.8, 4) is 0 Å². The second-order valence-corrected chi connectivity index (χ2v) is 7.25. The number of amides is 1. The van der Waals surface area contributed by atoms with Gasteiger partial charge in [0.1, 0.15) is 0 Å². The number of carbonyl (C=O) groups excluding carboxylic acids is 1. The minimum absolute atomic E-state index is 0.153. The molecule has 0 bridgehead atoms. The van der Waals surface area contributed by atoms with E-state index in [9.17, 15) is 9.90 Å². The topological polar surface area (TPSA) is 56.7 Å². The Labute approximate surface area is 144 Å². The first-order valence-electron chi connectivity index (χ1n) is 9.26. The van der Waals surface area contributed by atoms with E-state index >= 15 is 0 Å². The maximum absolute atomic E-state index is 12.6. The number of aromatic nitrogens is 1. The third-order valence-corrected chi connectivity index (χ3v) is 5.43. The SMILES string of the molecule is O=C(Cc1cccnc1)N1C[C@@H](CN2CCCCCC2)[C@@H](CO)C1. The third-order valence-electron chi connectivity index (χ3n) is 5.43. The summed E-state index contributed by atoms with van der Waals surface area (Å²) in [6.07, 6.45) is 9.11. The van der Waals surface area contributed by atoms with E-state index in [-0.39, 0.29) is 18.4 Å². The van der Waals surface area contributed by atoms with Gasteiger partial charge in [-0.25, -0.2) is 0 Å². The summed E-state index contributed by atoms with van der Waals surface area (Å²) < 4.78 is 0. The van der Waals surface area contributed by atoms with Crippen molar-refractivity contribution in [1.82, 2.24) is 14.8 Å². The summed E-state index contributed by atoms with van der Waals surface area (Å²) >= 11 is 0. The van der Waals surface area contributed by atoms with Gasteiger partial charge in [0, 0.05) is 44.6 Å². The van der Waals surface area contributed by atoms with Crippen LogP contribution in [0.15, 0.2) is 24.5 Å². The van der Waals surface area contributed by atoms with Crippen LogP contribution in [-0.2, 0) is 11.2 Å². The van der Waals surface area contributed by atoms with Gasteiger partial charge in [-0.05, 0) is 43.5 Å². The fourth-order valence-corrected chi connectivity index (χ4v) is 4.00. The number of pyridine rings is 1. The fourth-order valence-electron chi connectivity index (χ4n) is 4.00. The molecule has 2 saturated heterocycles. The van der Waals surface area contributed by atoms with E-state index in [0.717, 1.165) is 31.7 Å². The predicted molar refractivity (Wildman–Crippen MR) is 93.5 cm³/mol. The zero-order chi connectivity index (χ0) is 16.8. The second-order valence-electron chi connectivity index (χ2n) is 7.25. The predicted octanol–water partition coefficient (Wildman–Crippen LogP) is 1.57. The highest BCUT2D eigenvalue weighted by atomic mass is 16.3. The molecule has 0 radical (unpaired) electrons. The van der Waals surface area contributed by atoms with Crippen LogP contribution >= 0.6 is 0 Å². The lowest BCUT2D eigenvalue weighted by Crippen LogP contribution is -2.35. The van der Waals surface area contributed by atoms with E-state index in [1.807, 2.05) is 17.0 Å². The van der Waals surface area contributed by atoms with E-state index in [2.05, 4.69) is 9.88 Å². The van der Waals surface area contributed by atoms with Crippen molar-refractivity contribution < 1.29 is 9.90 Å². The lowest BCUT2D eigenvalue weighted by Gasteiger charge is -2.26. The largest absolute Gasteiger partial charge is 0.396 e. The van der Waals surface area contributed by atoms with Gasteiger partial charge in [-0.15, -0.1) is 0 Å². The number of aliphatic hydroxyl groups is 1. The van der Waals surface area contributed by atoms with Crippen LogP contribution in [0.25, 0.3) is 0 Å². The first-order valence-corrected chi connectivity index (χ1v) is 9.26. The highest BCUT2D eigenvalue weighted by Crippen LogP contribution is 2.25. The van der Waals surface area contributed by atoms with Crippen LogP contribution in [-0.4, -0.2) is 65.1 Å². The van der Waals surface area contributed by atoms with Crippen LogP contribution in [0.1, 0.15) is 31.2 Å². The van der Waals surface area contributed by atoms with Crippen molar-refractivity contribution in [3.63, 3.8) is 0 Å². The van der Waals surface area contributed by atoms with Crippen LogP contribution in [0.5, 0.6) is 0 Å². The maximum atomic E-state index is 12.6. The van der Waals surface area contributed by atoms with Crippen LogP contribution in [0.3, 0.4) is 0 Å². The highest BCUT2D eigenvalue weighted by Gasteiger charge is 2.35. The number of likely N-dealkylation sites (tertiary alicyclic amines) is 2. The molecule has 24 heavy (non-hydrogen) atoms. The summed E-state index contributed by atoms with van der Waals surface area (Å²) in [7, 11) is 0. The highest BCUT2D eigenvalue weighted by molar-refractivity contribution is 5.79. The lowest BCUT2D eigenvalue weighted by molar-refractivity contribution is -0.129. The van der Waals surface area contributed by atoms with Crippen LogP contribution in [0, 0.1) is 11.8 Å². The number of nitrogens with zero attached hydrogens (tertiary/aromatic N) is 3. The molecular formula is C19H29N3O2. The molecule has 5 nitrogen and oxygen atoms in total. The monoisotopic (exact) mass is 331 g/mol. The minimum atomic E-state index is 0.153. The van der Waals surface area contributed by atoms with E-state index in [1.165, 1.54) is 25.7 Å². The van der Waals surface area contributed by atoms with Gasteiger partial charge in [0.05, 0.1) is 6.42 Å². The first-order chi connectivity index (χ1) is 11.8. The number of aliphatic hydroxyl groups excluding tert-OH is 1. The van der Waals surface area contributed by atoms with Gasteiger partial charge >= 0.3 is 0 Å². The summed E-state index contributed by atoms with van der Waals surface area (Å²) in [6.45, 7) is 4.99. The molecule has 2 atom stereocenters. The van der Waals surface area contributed by atoms with Gasteiger partial charge in [0.15, 0.2) is 0 Å². The van der Waals surface area contributed by atoms with Crippen molar-refractivity contribution in [2.75, 3.05) is 39.3 Å². The molecule has 0 aromatic carbocycles. The summed E-state index contributed by atoms with van der Waals surface area (Å²) in [5.74, 6) is 0.761. The molecule has 1 N–H and O–H groups in total. The molecule has 3 rings (SSSR count). The Morgan fingerprint density at radius 1 is 1.17 bits per heavy atom. The second kappa shape index (κ2) is 8.58. The number of hydrogen-bond donors (Lipinski definition) is 1. The van der Waals surface area contributed by atoms with Crippen molar-refractivity contribution in [2.45, 2.75) is 32.1 Å². The zero-order valence-corrected chi connectivity index (χ0v) is 14.4. The Hall–Kier alpha value is -1.46. The summed E-state index contributed by atoms with van der Waals surface area (Å²) in [5.41, 5.74) is 0.957. The normalized spacial score (nSPS) is 25.6. The fraction of sp³-hybridized carbons (Fsp3) is 0.684. The number of rotatable bonds is 5. The standard InChI is InChI=1S/C19H29N3O2/c23-15-18-14-22(19(24)10-16-6-5-7-20-11-16)13-17(18)12-21-8-3-1-2-4-9-21/h5-7,11,17-18,23H,1-4,8-10,12-15H2/t17-,18-/m1/s1. The van der Waals surface area contributed by atoms with Crippen molar-refractivity contribution in [2.24, 2.45) is 11.8 Å². The Balaban J connectivity index is 1.56. The molecule has 3 heterocycles. The molecule has 0 aliphatic carbocycles. The Morgan fingerprint density at radius 3 is 2.58 bits per heavy atom. The summed E-state index contributed by atoms with van der Waals surface area (Å²) in [5, 5.41) is 9.74. The number of hydrogen-bond acceptors (Lipinski definition) is 4. The van der Waals surface area contributed by atoms with E-state index in [1.54, 1.807) is 12.4 Å². The molecular weight excluding hydrogens is 302 g/mol. The molecule has 1 aromatic rings. The smallest absolute Gasteiger partial charge is 0.227 e. The first kappa shape index (κ1) is 17.4. The van der Waals surface area contributed by atoms with E-state index < -0.39 is 0 Å². The average molecular weight is 331 g/mol. The van der Waals surface area contributed by atoms with Gasteiger partial charge in [-0.2, -0.15) is 0 Å². The molecule has 2 aliphatic heterocycles. The molecule has 0 spiro atoms. The molecule has 1 aromatic heterocycles. The molecule has 2 aliphatic rings. The van der Waals surface area contributed by atoms with Crippen molar-refractivity contribution >= 4 is 5.91 Å².